The summed E-state index contributed by atoms with van der Waals surface area (Å²) >= 11 is 0. The van der Waals surface area contributed by atoms with Crippen LogP contribution in [0.1, 0.15) is 44.5 Å². The molecule has 29 heavy (non-hydrogen) atoms. The minimum atomic E-state index is 0. The molecule has 1 N–H and O–H groups in total. The van der Waals surface area contributed by atoms with Gasteiger partial charge in [-0.05, 0) is 52.0 Å². The summed E-state index contributed by atoms with van der Waals surface area (Å²) in [7, 11) is 1.73. The topological polar surface area (TPSA) is 63.9 Å². The van der Waals surface area contributed by atoms with Gasteiger partial charge in [0.2, 0.25) is 0 Å². The van der Waals surface area contributed by atoms with Crippen LogP contribution in [0.25, 0.3) is 0 Å². The van der Waals surface area contributed by atoms with Crippen LogP contribution < -0.4 is 5.32 Å². The summed E-state index contributed by atoms with van der Waals surface area (Å²) in [5, 5.41) is 8.03. The highest BCUT2D eigenvalue weighted by atomic mass is 127. The molecular weight excluding hydrogens is 481 g/mol. The van der Waals surface area contributed by atoms with E-state index in [0.29, 0.717) is 12.0 Å². The van der Waals surface area contributed by atoms with Crippen molar-refractivity contribution >= 4 is 29.9 Å². The first-order chi connectivity index (χ1) is 13.5. The maximum Gasteiger partial charge on any atom is 0.193 e. The second kappa shape index (κ2) is 14.2. The molecule has 0 bridgehead atoms. The van der Waals surface area contributed by atoms with E-state index in [1.807, 2.05) is 6.92 Å². The van der Waals surface area contributed by atoms with Crippen molar-refractivity contribution in [2.75, 3.05) is 46.5 Å². The molecule has 1 aliphatic rings. The second-order valence-corrected chi connectivity index (χ2v) is 7.81. The normalized spacial score (nSPS) is 16.6. The van der Waals surface area contributed by atoms with Gasteiger partial charge in [-0.15, -0.1) is 24.0 Å². The van der Waals surface area contributed by atoms with E-state index in [2.05, 4.69) is 46.8 Å². The third-order valence-corrected chi connectivity index (χ3v) is 5.06. The van der Waals surface area contributed by atoms with Gasteiger partial charge in [0.25, 0.3) is 0 Å². The molecule has 0 aromatic carbocycles. The summed E-state index contributed by atoms with van der Waals surface area (Å²) in [6.45, 7) is 14.7. The van der Waals surface area contributed by atoms with Crippen LogP contribution in [0.15, 0.2) is 11.1 Å². The molecule has 0 amide bonds. The maximum atomic E-state index is 5.97. The van der Waals surface area contributed by atoms with Gasteiger partial charge in [0, 0.05) is 58.7 Å². The van der Waals surface area contributed by atoms with Crippen molar-refractivity contribution < 1.29 is 9.47 Å². The average molecular weight is 521 g/mol. The molecule has 8 heteroatoms. The lowest BCUT2D eigenvalue weighted by atomic mass is 10.1. The van der Waals surface area contributed by atoms with Crippen LogP contribution in [0.2, 0.25) is 0 Å². The predicted molar refractivity (Wildman–Crippen MR) is 129 cm³/mol. The van der Waals surface area contributed by atoms with Crippen molar-refractivity contribution in [3.63, 3.8) is 0 Å². The summed E-state index contributed by atoms with van der Waals surface area (Å²) < 4.78 is 13.1. The number of piperidine rings is 1. The summed E-state index contributed by atoms with van der Waals surface area (Å²) in [6, 6.07) is 2.13. The Bertz CT molecular complexity index is 600. The van der Waals surface area contributed by atoms with Crippen LogP contribution in [0.4, 0.5) is 0 Å². The molecule has 1 aliphatic heterocycles. The number of aryl methyl sites for hydroxylation is 2. The zero-order valence-electron chi connectivity index (χ0n) is 18.8. The van der Waals surface area contributed by atoms with Gasteiger partial charge in [-0.25, -0.2) is 0 Å². The monoisotopic (exact) mass is 521 g/mol. The molecule has 0 aliphatic carbocycles. The average Bonchev–Trinajstić information content (AvgIpc) is 2.99. The lowest BCUT2D eigenvalue weighted by molar-refractivity contribution is 0.00989. The van der Waals surface area contributed by atoms with Crippen LogP contribution in [0, 0.1) is 19.8 Å². The number of nitrogens with zero attached hydrogens (tertiary/aromatic N) is 4. The number of halogens is 1. The molecule has 1 atom stereocenters. The van der Waals surface area contributed by atoms with Gasteiger partial charge in [0.05, 0.1) is 11.8 Å². The van der Waals surface area contributed by atoms with E-state index in [1.165, 1.54) is 5.69 Å². The smallest absolute Gasteiger partial charge is 0.193 e. The number of nitrogens with one attached hydrogen (secondary N) is 1. The number of ether oxygens (including phenoxy) is 2. The first-order valence-electron chi connectivity index (χ1n) is 10.7. The molecule has 2 rings (SSSR count). The van der Waals surface area contributed by atoms with Crippen molar-refractivity contribution in [2.24, 2.45) is 10.9 Å². The molecule has 2 heterocycles. The Morgan fingerprint density at radius 1 is 1.31 bits per heavy atom. The summed E-state index contributed by atoms with van der Waals surface area (Å²) in [4.78, 5) is 7.28. The highest BCUT2D eigenvalue weighted by Crippen LogP contribution is 2.15. The first-order valence-corrected chi connectivity index (χ1v) is 10.7. The van der Waals surface area contributed by atoms with Gasteiger partial charge in [0.15, 0.2) is 5.96 Å². The van der Waals surface area contributed by atoms with Crippen molar-refractivity contribution in [3.8, 4) is 0 Å². The van der Waals surface area contributed by atoms with E-state index < -0.39 is 0 Å². The van der Waals surface area contributed by atoms with Crippen LogP contribution in [-0.4, -0.2) is 73.2 Å². The standard InChI is InChI=1S/C21H39N5O2.HI/c1-6-22-21(23-15-17(2)16-26-19(4)14-18(3)24-26)25-10-8-20(9-11-25)28-13-7-12-27-5;/h14,17,20H,6-13,15-16H2,1-5H3,(H,22,23);1H. The van der Waals surface area contributed by atoms with Crippen molar-refractivity contribution in [1.82, 2.24) is 20.0 Å². The Labute approximate surface area is 193 Å². The van der Waals surface area contributed by atoms with E-state index in [9.17, 15) is 0 Å². The molecule has 1 aromatic heterocycles. The Hall–Kier alpha value is -0.870. The summed E-state index contributed by atoms with van der Waals surface area (Å²) in [5.41, 5.74) is 2.29. The van der Waals surface area contributed by atoms with E-state index in [1.54, 1.807) is 7.11 Å². The van der Waals surface area contributed by atoms with Gasteiger partial charge in [-0.1, -0.05) is 6.92 Å². The fraction of sp³-hybridized carbons (Fsp3) is 0.810. The second-order valence-electron chi connectivity index (χ2n) is 7.81. The van der Waals surface area contributed by atoms with Crippen LogP contribution >= 0.6 is 24.0 Å². The number of guanidine groups is 1. The zero-order chi connectivity index (χ0) is 20.4. The fourth-order valence-electron chi connectivity index (χ4n) is 3.57. The van der Waals surface area contributed by atoms with Gasteiger partial charge in [0.1, 0.15) is 0 Å². The third kappa shape index (κ3) is 9.21. The van der Waals surface area contributed by atoms with Crippen LogP contribution in [-0.2, 0) is 16.0 Å². The highest BCUT2D eigenvalue weighted by molar-refractivity contribution is 14.0. The molecule has 1 fully saturated rings. The number of aromatic nitrogens is 2. The molecule has 1 aromatic rings. The first kappa shape index (κ1) is 26.2. The van der Waals surface area contributed by atoms with E-state index >= 15 is 0 Å². The minimum Gasteiger partial charge on any atom is -0.385 e. The Kier molecular flexibility index (Phi) is 12.8. The largest absolute Gasteiger partial charge is 0.385 e. The molecule has 168 valence electrons. The van der Waals surface area contributed by atoms with E-state index in [0.717, 1.165) is 76.9 Å². The lowest BCUT2D eigenvalue weighted by Gasteiger charge is -2.34. The van der Waals surface area contributed by atoms with Gasteiger partial charge in [-0.3, -0.25) is 9.67 Å². The molecular formula is C21H40IN5O2. The molecule has 0 saturated carbocycles. The van der Waals surface area contributed by atoms with Crippen LogP contribution in [0.5, 0.6) is 0 Å². The number of rotatable bonds is 10. The molecule has 1 saturated heterocycles. The molecule has 7 nitrogen and oxygen atoms in total. The van der Waals surface area contributed by atoms with Crippen molar-refractivity contribution in [2.45, 2.75) is 59.6 Å². The van der Waals surface area contributed by atoms with Crippen LogP contribution in [0.3, 0.4) is 0 Å². The van der Waals surface area contributed by atoms with Gasteiger partial charge < -0.3 is 19.7 Å². The SMILES string of the molecule is CCNC(=NCC(C)Cn1nc(C)cc1C)N1CCC(OCCCOC)CC1.I. The van der Waals surface area contributed by atoms with Gasteiger partial charge >= 0.3 is 0 Å². The number of hydrogen-bond acceptors (Lipinski definition) is 4. The molecule has 1 unspecified atom stereocenters. The Balaban J connectivity index is 0.00000420. The number of likely N-dealkylation sites (tertiary alicyclic amines) is 1. The quantitative estimate of drug-likeness (QED) is 0.222. The van der Waals surface area contributed by atoms with E-state index in [-0.39, 0.29) is 24.0 Å². The summed E-state index contributed by atoms with van der Waals surface area (Å²) in [6.07, 6.45) is 3.44. The van der Waals surface area contributed by atoms with Gasteiger partial charge in [-0.2, -0.15) is 5.10 Å². The zero-order valence-corrected chi connectivity index (χ0v) is 21.1. The number of methoxy groups -OCH3 is 1. The number of aliphatic imine (C=N–C) groups is 1. The predicted octanol–water partition coefficient (Wildman–Crippen LogP) is 3.24. The maximum absolute atomic E-state index is 5.97. The molecule has 0 radical (unpaired) electrons. The third-order valence-electron chi connectivity index (χ3n) is 5.06. The van der Waals surface area contributed by atoms with Crippen molar-refractivity contribution in [1.29, 1.82) is 0 Å². The highest BCUT2D eigenvalue weighted by Gasteiger charge is 2.22. The fourth-order valence-corrected chi connectivity index (χ4v) is 3.57. The molecule has 0 spiro atoms. The lowest BCUT2D eigenvalue weighted by Crippen LogP contribution is -2.47. The Morgan fingerprint density at radius 3 is 2.62 bits per heavy atom. The minimum absolute atomic E-state index is 0. The van der Waals surface area contributed by atoms with E-state index in [4.69, 9.17) is 14.5 Å². The Morgan fingerprint density at radius 2 is 2.03 bits per heavy atom. The van der Waals surface area contributed by atoms with Crippen molar-refractivity contribution in [3.05, 3.63) is 17.5 Å². The number of hydrogen-bond donors (Lipinski definition) is 1. The summed E-state index contributed by atoms with van der Waals surface area (Å²) in [5.74, 6) is 1.47.